The van der Waals surface area contributed by atoms with E-state index in [1.807, 2.05) is 50.4 Å². The maximum absolute atomic E-state index is 14.7. The Bertz CT molecular complexity index is 7580. The van der Waals surface area contributed by atoms with Crippen LogP contribution in [0.25, 0.3) is 166 Å². The predicted octanol–water partition coefficient (Wildman–Crippen LogP) is 29.6. The van der Waals surface area contributed by atoms with E-state index in [9.17, 15) is 4.39 Å². The second-order valence-electron chi connectivity index (χ2n) is 35.7. The lowest BCUT2D eigenvalue weighted by Gasteiger charge is -2.17. The van der Waals surface area contributed by atoms with Gasteiger partial charge in [0.05, 0.1) is 49.2 Å². The molecule has 15 aromatic carbocycles. The summed E-state index contributed by atoms with van der Waals surface area (Å²) in [6.07, 6.45) is 10.7. The summed E-state index contributed by atoms with van der Waals surface area (Å²) in [7, 11) is 10.6. The summed E-state index contributed by atoms with van der Waals surface area (Å²) in [5.41, 5.74) is 39.5. The molecule has 6 heteroatoms. The first kappa shape index (κ1) is 88.7. The summed E-state index contributed by atoms with van der Waals surface area (Å²) < 4.78 is 25.8. The van der Waals surface area contributed by atoms with Gasteiger partial charge in [0.1, 0.15) is 41.1 Å². The fraction of sp³-hybridized carbons (Fsp3) is 0.153. The van der Waals surface area contributed by atoms with Gasteiger partial charge in [-0.25, -0.2) is 27.2 Å². The molecule has 0 spiro atoms. The van der Waals surface area contributed by atoms with E-state index >= 15 is 0 Å². The van der Waals surface area contributed by atoms with Gasteiger partial charge in [-0.05, 0) is 265 Å². The number of nitrogens with zero attached hydrogens (tertiary/aromatic N) is 5. The maximum Gasteiger partial charge on any atom is 0.220 e. The van der Waals surface area contributed by atoms with Crippen molar-refractivity contribution in [3.63, 3.8) is 0 Å². The Kier molecular flexibility index (Phi) is 26.5. The highest BCUT2D eigenvalue weighted by atomic mass is 19.1. The molecule has 0 radical (unpaired) electrons. The fourth-order valence-corrected chi connectivity index (χ4v) is 18.5. The van der Waals surface area contributed by atoms with Gasteiger partial charge < -0.3 is 0 Å². The summed E-state index contributed by atoms with van der Waals surface area (Å²) in [5, 5.41) is 12.7. The molecule has 130 heavy (non-hydrogen) atoms. The summed E-state index contributed by atoms with van der Waals surface area (Å²) in [5.74, 6) is 0.293. The van der Waals surface area contributed by atoms with Gasteiger partial charge in [0, 0.05) is 41.5 Å². The first-order valence-corrected chi connectivity index (χ1v) is 45.3. The molecule has 0 saturated heterocycles. The molecule has 0 amide bonds. The van der Waals surface area contributed by atoms with Crippen LogP contribution in [0.4, 0.5) is 4.39 Å². The number of halogens is 1. The van der Waals surface area contributed by atoms with E-state index in [0.29, 0.717) is 11.5 Å². The van der Waals surface area contributed by atoms with Crippen molar-refractivity contribution in [1.29, 1.82) is 0 Å². The normalized spacial score (nSPS) is 11.1. The highest BCUT2D eigenvalue weighted by Gasteiger charge is 2.27. The van der Waals surface area contributed by atoms with Crippen molar-refractivity contribution in [3.8, 4) is 112 Å². The van der Waals surface area contributed by atoms with Gasteiger partial charge in [-0.3, -0.25) is 0 Å². The van der Waals surface area contributed by atoms with Crippen molar-refractivity contribution < 1.29 is 27.2 Å². The maximum atomic E-state index is 14.7. The molecular formula is C124H117FN5+5. The Morgan fingerprint density at radius 1 is 0.200 bits per heavy atom. The molecule has 5 heterocycles. The van der Waals surface area contributed by atoms with Crippen LogP contribution in [0, 0.1) is 82.0 Å². The van der Waals surface area contributed by atoms with Crippen LogP contribution in [0.3, 0.4) is 0 Å². The van der Waals surface area contributed by atoms with E-state index in [2.05, 4.69) is 468 Å². The molecule has 0 fully saturated rings. The Labute approximate surface area is 768 Å². The van der Waals surface area contributed by atoms with Crippen LogP contribution in [-0.2, 0) is 35.2 Å². The lowest BCUT2D eigenvalue weighted by atomic mass is 9.87. The number of hydrogen-bond acceptors (Lipinski definition) is 0. The second kappa shape index (κ2) is 38.9. The van der Waals surface area contributed by atoms with Gasteiger partial charge in [0.25, 0.3) is 0 Å². The zero-order chi connectivity index (χ0) is 91.1. The fourth-order valence-electron chi connectivity index (χ4n) is 18.5. The summed E-state index contributed by atoms with van der Waals surface area (Å²) in [4.78, 5) is 0. The molecule has 20 aromatic rings. The zero-order valence-corrected chi connectivity index (χ0v) is 78.5. The zero-order valence-electron chi connectivity index (χ0n) is 78.5. The number of aryl methyl sites for hydroxylation is 14. The number of fused-ring (bicyclic) bond motifs is 5. The Balaban J connectivity index is 0.000000119. The van der Waals surface area contributed by atoms with Crippen molar-refractivity contribution in [1.82, 2.24) is 0 Å². The number of rotatable bonds is 11. The van der Waals surface area contributed by atoms with Crippen molar-refractivity contribution in [3.05, 3.63) is 449 Å². The second-order valence-corrected chi connectivity index (χ2v) is 35.7. The highest BCUT2D eigenvalue weighted by molar-refractivity contribution is 6.00. The van der Waals surface area contributed by atoms with Crippen LogP contribution in [0.2, 0.25) is 0 Å². The minimum Gasteiger partial charge on any atom is -0.206 e. The number of hydrogen-bond donors (Lipinski definition) is 0. The van der Waals surface area contributed by atoms with Gasteiger partial charge in [-0.2, -0.15) is 0 Å². The lowest BCUT2D eigenvalue weighted by molar-refractivity contribution is -0.659. The third-order valence-corrected chi connectivity index (χ3v) is 25.8. The molecule has 5 nitrogen and oxygen atoms in total. The molecule has 0 aliphatic rings. The number of aromatic nitrogens is 5. The highest BCUT2D eigenvalue weighted by Crippen LogP contribution is 2.41. The summed E-state index contributed by atoms with van der Waals surface area (Å²) in [6.45, 7) is 28.4. The first-order valence-electron chi connectivity index (χ1n) is 45.3. The lowest BCUT2D eigenvalue weighted by Crippen LogP contribution is -2.31. The number of pyridine rings is 5. The Hall–Kier alpha value is -14.7. The monoisotopic (exact) mass is 1690 g/mol. The van der Waals surface area contributed by atoms with Crippen LogP contribution in [0.15, 0.2) is 377 Å². The SMILES string of the molecule is Cc1ccc2cc[n+](C)c(-c3cc(-c4ccccc4)c(F)cc3C)c2c1.Cc1ccc2cc[n+](C)c(-c3cc(-c4ccccc4)cc(C(C)C)c3C)c2c1.Cc1ccc2cc[n+](C)c(-c3cc(-c4ccccc4)cc(C)c3C)c2c1.Cc1ccc2cc[n+](C)c(-c3cc(-c4ccccc4)ccc3C)c2c1.Cc1ccc2cc[n+](C)c(-c3ccc(-c4ccccc4)cc3C)c2c1. The van der Waals surface area contributed by atoms with Crippen molar-refractivity contribution in [2.75, 3.05) is 0 Å². The Morgan fingerprint density at radius 3 is 0.846 bits per heavy atom. The average molecular weight is 1700 g/mol. The van der Waals surface area contributed by atoms with Gasteiger partial charge in [-0.1, -0.05) is 290 Å². The molecule has 0 atom stereocenters. The third kappa shape index (κ3) is 19.1. The molecule has 0 bridgehead atoms. The molecule has 0 aliphatic carbocycles. The van der Waals surface area contributed by atoms with Crippen molar-refractivity contribution >= 4 is 53.9 Å². The van der Waals surface area contributed by atoms with E-state index in [0.717, 1.165) is 22.4 Å². The standard InChI is InChI=1S/C27H28N.C25H24N.C24H21FN.2C24H22N/c1-18(2)24-16-23(21-9-7-6-8-10-21)17-25(20(24)4)27-26-15-19(3)11-12-22(26)13-14-28(27)5;1-17-10-11-21-12-13-26(4)25(24(21)14-17)23-16-22(15-18(2)19(23)3)20-8-6-5-7-9-20;1-16-9-10-19-11-12-26(3)24(22(19)13-16)20-15-21(23(25)14-17(20)2)18-7-5-4-6-8-18;1-17-9-11-20-13-14-25(3)24(23(20)15-17)22-16-21(12-10-18(22)2)19-7-5-4-6-8-19;1-17-9-10-20-13-14-25(3)24(23(20)15-17)22-12-11-21(16-18(22)2)19-7-5-4-6-8-19/h6-18H,1-5H3;5-16H,1-4H3;4-15H,1-3H3;2*4-16H,1-3H3/q5*+1. The molecule has 0 N–H and O–H groups in total. The predicted molar refractivity (Wildman–Crippen MR) is 546 cm³/mol. The molecular weight excluding hydrogens is 1580 g/mol. The molecule has 0 aliphatic heterocycles. The van der Waals surface area contributed by atoms with Crippen molar-refractivity contribution in [2.24, 2.45) is 35.2 Å². The van der Waals surface area contributed by atoms with Gasteiger partial charge >= 0.3 is 0 Å². The van der Waals surface area contributed by atoms with Gasteiger partial charge in [0.2, 0.25) is 28.5 Å². The third-order valence-electron chi connectivity index (χ3n) is 25.8. The summed E-state index contributed by atoms with van der Waals surface area (Å²) in [6, 6.07) is 123. The van der Waals surface area contributed by atoms with Crippen molar-refractivity contribution in [2.45, 2.75) is 95.9 Å². The van der Waals surface area contributed by atoms with E-state index in [-0.39, 0.29) is 5.82 Å². The van der Waals surface area contributed by atoms with Crippen LogP contribution < -0.4 is 22.8 Å². The largest absolute Gasteiger partial charge is 0.220 e. The van der Waals surface area contributed by atoms with Crippen LogP contribution >= 0.6 is 0 Å². The van der Waals surface area contributed by atoms with Gasteiger partial charge in [-0.15, -0.1) is 0 Å². The molecule has 0 saturated carbocycles. The van der Waals surface area contributed by atoms with Crippen LogP contribution in [-0.4, -0.2) is 0 Å². The summed E-state index contributed by atoms with van der Waals surface area (Å²) >= 11 is 0. The molecule has 20 rings (SSSR count). The smallest absolute Gasteiger partial charge is 0.206 e. The Morgan fingerprint density at radius 2 is 0.485 bits per heavy atom. The quantitative estimate of drug-likeness (QED) is 0.115. The topological polar surface area (TPSA) is 19.4 Å². The molecule has 0 unspecified atom stereocenters. The first-order chi connectivity index (χ1) is 62.8. The van der Waals surface area contributed by atoms with Crippen LogP contribution in [0.5, 0.6) is 0 Å². The van der Waals surface area contributed by atoms with E-state index in [1.165, 1.54) is 205 Å². The minimum absolute atomic E-state index is 0.184. The number of benzene rings is 15. The minimum atomic E-state index is -0.184. The molecule has 5 aromatic heterocycles. The van der Waals surface area contributed by atoms with E-state index < -0.39 is 0 Å². The van der Waals surface area contributed by atoms with E-state index in [4.69, 9.17) is 0 Å². The molecule has 640 valence electrons. The average Bonchev–Trinajstić information content (AvgIpc) is 0.754. The van der Waals surface area contributed by atoms with Crippen LogP contribution in [0.1, 0.15) is 86.5 Å². The van der Waals surface area contributed by atoms with Gasteiger partial charge in [0.15, 0.2) is 31.0 Å². The van der Waals surface area contributed by atoms with E-state index in [1.54, 1.807) is 6.07 Å².